The summed E-state index contributed by atoms with van der Waals surface area (Å²) in [5.41, 5.74) is 4.98. The van der Waals surface area contributed by atoms with E-state index in [0.29, 0.717) is 6.61 Å². The van der Waals surface area contributed by atoms with Crippen LogP contribution >= 0.6 is 11.3 Å². The van der Waals surface area contributed by atoms with Gasteiger partial charge < -0.3 is 4.74 Å². The molecule has 25 heavy (non-hydrogen) atoms. The van der Waals surface area contributed by atoms with Crippen LogP contribution in [-0.4, -0.2) is 17.8 Å². The maximum absolute atomic E-state index is 5.76. The Hall–Kier alpha value is -2.92. The largest absolute Gasteiger partial charge is 0.493 e. The van der Waals surface area contributed by atoms with Gasteiger partial charge in [-0.2, -0.15) is 5.10 Å². The van der Waals surface area contributed by atoms with Crippen LogP contribution < -0.4 is 10.2 Å². The predicted molar refractivity (Wildman–Crippen MR) is 106 cm³/mol. The number of anilines is 1. The molecule has 4 rings (SSSR count). The van der Waals surface area contributed by atoms with E-state index in [1.807, 2.05) is 43.3 Å². The van der Waals surface area contributed by atoms with Crippen molar-refractivity contribution in [3.8, 4) is 5.75 Å². The number of para-hydroxylation sites is 1. The first-order chi connectivity index (χ1) is 12.3. The minimum Gasteiger partial charge on any atom is -0.493 e. The highest BCUT2D eigenvalue weighted by molar-refractivity contribution is 7.22. The number of hydrogen-bond acceptors (Lipinski definition) is 5. The summed E-state index contributed by atoms with van der Waals surface area (Å²) in [4.78, 5) is 4.53. The molecule has 0 saturated heterocycles. The van der Waals surface area contributed by atoms with Crippen LogP contribution in [0.1, 0.15) is 12.5 Å². The Morgan fingerprint density at radius 3 is 2.80 bits per heavy atom. The predicted octanol–water partition coefficient (Wildman–Crippen LogP) is 5.29. The van der Waals surface area contributed by atoms with Crippen molar-refractivity contribution in [1.29, 1.82) is 0 Å². The van der Waals surface area contributed by atoms with Crippen LogP contribution in [0.2, 0.25) is 0 Å². The van der Waals surface area contributed by atoms with Crippen LogP contribution in [0.4, 0.5) is 5.13 Å². The molecule has 0 saturated carbocycles. The van der Waals surface area contributed by atoms with Gasteiger partial charge in [-0.1, -0.05) is 53.8 Å². The lowest BCUT2D eigenvalue weighted by Gasteiger charge is -2.10. The number of rotatable bonds is 5. The van der Waals surface area contributed by atoms with Crippen molar-refractivity contribution < 1.29 is 4.74 Å². The number of hydrogen-bond donors (Lipinski definition) is 1. The summed E-state index contributed by atoms with van der Waals surface area (Å²) in [6.07, 6.45) is 1.80. The molecule has 124 valence electrons. The monoisotopic (exact) mass is 347 g/mol. The van der Waals surface area contributed by atoms with Gasteiger partial charge in [-0.25, -0.2) is 4.98 Å². The quantitative estimate of drug-likeness (QED) is 0.394. The molecule has 4 aromatic rings. The van der Waals surface area contributed by atoms with Crippen LogP contribution in [0.5, 0.6) is 5.75 Å². The minimum atomic E-state index is 0.616. The molecule has 0 fully saturated rings. The van der Waals surface area contributed by atoms with Crippen LogP contribution in [0.15, 0.2) is 65.8 Å². The number of thiazole rings is 1. The Kier molecular flexibility index (Phi) is 4.31. The Labute approximate surface area is 149 Å². The lowest BCUT2D eigenvalue weighted by molar-refractivity contribution is 0.340. The lowest BCUT2D eigenvalue weighted by atomic mass is 10.0. The van der Waals surface area contributed by atoms with E-state index >= 15 is 0 Å². The zero-order valence-electron chi connectivity index (χ0n) is 13.8. The molecule has 0 spiro atoms. The van der Waals surface area contributed by atoms with Gasteiger partial charge in [-0.05, 0) is 35.9 Å². The number of nitrogens with zero attached hydrogens (tertiary/aromatic N) is 2. The third kappa shape index (κ3) is 3.19. The van der Waals surface area contributed by atoms with Crippen LogP contribution in [0.3, 0.4) is 0 Å². The number of ether oxygens (including phenoxy) is 1. The number of benzene rings is 3. The molecule has 0 amide bonds. The van der Waals surface area contributed by atoms with Gasteiger partial charge in [-0.15, -0.1) is 0 Å². The normalized spacial score (nSPS) is 11.4. The third-order valence-electron chi connectivity index (χ3n) is 3.88. The molecule has 0 atom stereocenters. The molecule has 1 N–H and O–H groups in total. The summed E-state index contributed by atoms with van der Waals surface area (Å²) in [6, 6.07) is 20.3. The minimum absolute atomic E-state index is 0.616. The first-order valence-corrected chi connectivity index (χ1v) is 8.96. The van der Waals surface area contributed by atoms with Crippen LogP contribution in [-0.2, 0) is 0 Å². The lowest BCUT2D eigenvalue weighted by Crippen LogP contribution is -1.98. The summed E-state index contributed by atoms with van der Waals surface area (Å²) >= 11 is 1.58. The van der Waals surface area contributed by atoms with Gasteiger partial charge in [-0.3, -0.25) is 5.43 Å². The molecular formula is C20H17N3OS. The van der Waals surface area contributed by atoms with Crippen molar-refractivity contribution in [1.82, 2.24) is 4.98 Å². The molecule has 0 aliphatic heterocycles. The molecule has 1 heterocycles. The van der Waals surface area contributed by atoms with Crippen molar-refractivity contribution >= 4 is 43.7 Å². The van der Waals surface area contributed by atoms with E-state index < -0.39 is 0 Å². The van der Waals surface area contributed by atoms with E-state index in [-0.39, 0.29) is 0 Å². The zero-order chi connectivity index (χ0) is 17.1. The van der Waals surface area contributed by atoms with Crippen molar-refractivity contribution in [2.75, 3.05) is 12.0 Å². The van der Waals surface area contributed by atoms with Gasteiger partial charge in [0.1, 0.15) is 5.75 Å². The highest BCUT2D eigenvalue weighted by atomic mass is 32.1. The van der Waals surface area contributed by atoms with E-state index in [1.165, 1.54) is 0 Å². The molecular weight excluding hydrogens is 330 g/mol. The van der Waals surface area contributed by atoms with E-state index in [0.717, 1.165) is 37.4 Å². The number of aromatic nitrogens is 1. The Bertz CT molecular complexity index is 1020. The summed E-state index contributed by atoms with van der Waals surface area (Å²) in [5.74, 6) is 0.830. The zero-order valence-corrected chi connectivity index (χ0v) is 14.6. The van der Waals surface area contributed by atoms with Crippen molar-refractivity contribution in [3.63, 3.8) is 0 Å². The molecule has 0 bridgehead atoms. The average molecular weight is 347 g/mol. The molecule has 0 aliphatic carbocycles. The van der Waals surface area contributed by atoms with Gasteiger partial charge >= 0.3 is 0 Å². The van der Waals surface area contributed by atoms with E-state index in [1.54, 1.807) is 17.6 Å². The molecule has 1 aromatic heterocycles. The fourth-order valence-electron chi connectivity index (χ4n) is 2.76. The highest BCUT2D eigenvalue weighted by Gasteiger charge is 2.07. The third-order valence-corrected chi connectivity index (χ3v) is 4.82. The first-order valence-electron chi connectivity index (χ1n) is 8.14. The summed E-state index contributed by atoms with van der Waals surface area (Å²) in [6.45, 7) is 2.60. The fourth-order valence-corrected chi connectivity index (χ4v) is 3.58. The SMILES string of the molecule is CCOc1ccc2ccccc2c1/C=N\Nc1nc2ccccc2s1. The van der Waals surface area contributed by atoms with E-state index in [2.05, 4.69) is 39.8 Å². The number of hydrazone groups is 1. The van der Waals surface area contributed by atoms with Gasteiger partial charge in [0.2, 0.25) is 5.13 Å². The summed E-state index contributed by atoms with van der Waals surface area (Å²) < 4.78 is 6.90. The second-order valence-corrected chi connectivity index (χ2v) is 6.52. The fraction of sp³-hybridized carbons (Fsp3) is 0.100. The molecule has 5 heteroatoms. The highest BCUT2D eigenvalue weighted by Crippen LogP contribution is 2.28. The van der Waals surface area contributed by atoms with Gasteiger partial charge in [0.05, 0.1) is 23.0 Å². The Morgan fingerprint density at radius 2 is 1.92 bits per heavy atom. The van der Waals surface area contributed by atoms with E-state index in [9.17, 15) is 0 Å². The molecule has 4 nitrogen and oxygen atoms in total. The second-order valence-electron chi connectivity index (χ2n) is 5.49. The summed E-state index contributed by atoms with van der Waals surface area (Å²) in [5, 5.41) is 7.44. The number of fused-ring (bicyclic) bond motifs is 2. The van der Waals surface area contributed by atoms with Crippen molar-refractivity contribution in [2.45, 2.75) is 6.92 Å². The van der Waals surface area contributed by atoms with Crippen LogP contribution in [0.25, 0.3) is 21.0 Å². The maximum atomic E-state index is 5.76. The summed E-state index contributed by atoms with van der Waals surface area (Å²) in [7, 11) is 0. The molecule has 0 unspecified atom stereocenters. The van der Waals surface area contributed by atoms with Gasteiger partial charge in [0.15, 0.2) is 0 Å². The molecule has 0 radical (unpaired) electrons. The van der Waals surface area contributed by atoms with Crippen molar-refractivity contribution in [3.05, 3.63) is 66.2 Å². The van der Waals surface area contributed by atoms with Crippen molar-refractivity contribution in [2.24, 2.45) is 5.10 Å². The topological polar surface area (TPSA) is 46.5 Å². The standard InChI is InChI=1S/C20H17N3OS/c1-2-24-18-12-11-14-7-3-4-8-15(14)16(18)13-21-23-20-22-17-9-5-6-10-19(17)25-20/h3-13H,2H2,1H3,(H,22,23)/b21-13-. The van der Waals surface area contributed by atoms with Gasteiger partial charge in [0.25, 0.3) is 0 Å². The average Bonchev–Trinajstić information content (AvgIpc) is 3.06. The first kappa shape index (κ1) is 15.6. The van der Waals surface area contributed by atoms with Gasteiger partial charge in [0, 0.05) is 5.56 Å². The molecule has 0 aliphatic rings. The smallest absolute Gasteiger partial charge is 0.204 e. The van der Waals surface area contributed by atoms with E-state index in [4.69, 9.17) is 4.74 Å². The molecule has 3 aromatic carbocycles. The Balaban J connectivity index is 1.66. The second kappa shape index (κ2) is 6.91. The Morgan fingerprint density at radius 1 is 1.08 bits per heavy atom. The maximum Gasteiger partial charge on any atom is 0.204 e. The van der Waals surface area contributed by atoms with Crippen LogP contribution in [0, 0.1) is 0 Å². The number of nitrogens with one attached hydrogen (secondary N) is 1.